The Hall–Kier alpha value is -1.76. The molecule has 0 spiro atoms. The van der Waals surface area contributed by atoms with Crippen molar-refractivity contribution in [1.82, 2.24) is 4.98 Å². The third kappa shape index (κ3) is 2.73. The number of nitrogens with zero attached hydrogens (tertiary/aromatic N) is 2. The minimum Gasteiger partial charge on any atom is -0.396 e. The van der Waals surface area contributed by atoms with E-state index < -0.39 is 0 Å². The summed E-state index contributed by atoms with van der Waals surface area (Å²) in [5.74, 6) is 1.43. The number of aromatic nitrogens is 1. The average Bonchev–Trinajstić information content (AvgIpc) is 2.41. The second kappa shape index (κ2) is 5.72. The van der Waals surface area contributed by atoms with Crippen LogP contribution in [0.25, 0.3) is 0 Å². The molecule has 1 aliphatic carbocycles. The second-order valence-corrected chi connectivity index (χ2v) is 4.98. The van der Waals surface area contributed by atoms with Crippen LogP contribution in [0.15, 0.2) is 12.3 Å². The molecule has 4 nitrogen and oxygen atoms in total. The fourth-order valence-corrected chi connectivity index (χ4v) is 2.73. The summed E-state index contributed by atoms with van der Waals surface area (Å²) in [6, 6.07) is 4.19. The summed E-state index contributed by atoms with van der Waals surface area (Å²) in [6.45, 7) is 2.24. The van der Waals surface area contributed by atoms with E-state index in [2.05, 4.69) is 17.2 Å². The van der Waals surface area contributed by atoms with Crippen molar-refractivity contribution in [2.24, 2.45) is 5.92 Å². The number of hydrogen-bond donors (Lipinski definition) is 2. The minimum absolute atomic E-state index is 0.464. The summed E-state index contributed by atoms with van der Waals surface area (Å²) in [6.07, 6.45) is 7.82. The van der Waals surface area contributed by atoms with E-state index in [4.69, 9.17) is 11.0 Å². The quantitative estimate of drug-likeness (QED) is 0.857. The summed E-state index contributed by atoms with van der Waals surface area (Å²) in [4.78, 5) is 4.25. The molecule has 0 radical (unpaired) electrons. The van der Waals surface area contributed by atoms with Gasteiger partial charge in [-0.1, -0.05) is 26.2 Å². The van der Waals surface area contributed by atoms with Gasteiger partial charge in [-0.05, 0) is 24.8 Å². The Morgan fingerprint density at radius 1 is 1.50 bits per heavy atom. The number of nitrogen functional groups attached to an aromatic ring is 1. The highest BCUT2D eigenvalue weighted by molar-refractivity contribution is 5.63. The van der Waals surface area contributed by atoms with Crippen LogP contribution in [0, 0.1) is 17.2 Å². The first kappa shape index (κ1) is 12.7. The van der Waals surface area contributed by atoms with E-state index in [1.54, 1.807) is 12.3 Å². The van der Waals surface area contributed by atoms with Gasteiger partial charge in [-0.15, -0.1) is 0 Å². The van der Waals surface area contributed by atoms with Gasteiger partial charge in [-0.3, -0.25) is 0 Å². The zero-order valence-corrected chi connectivity index (χ0v) is 10.8. The molecule has 0 bridgehead atoms. The maximum atomic E-state index is 8.79. The van der Waals surface area contributed by atoms with Gasteiger partial charge in [0.1, 0.15) is 11.9 Å². The van der Waals surface area contributed by atoms with Crippen molar-refractivity contribution in [2.75, 3.05) is 11.1 Å². The van der Waals surface area contributed by atoms with Crippen LogP contribution in [-0.4, -0.2) is 11.0 Å². The first-order chi connectivity index (χ1) is 8.74. The Balaban J connectivity index is 2.10. The maximum absolute atomic E-state index is 8.79. The molecule has 1 saturated carbocycles. The molecule has 0 amide bonds. The topological polar surface area (TPSA) is 74.7 Å². The van der Waals surface area contributed by atoms with Crippen LogP contribution in [0.1, 0.15) is 44.6 Å². The number of pyridine rings is 1. The fraction of sp³-hybridized carbons (Fsp3) is 0.571. The summed E-state index contributed by atoms with van der Waals surface area (Å²) in [7, 11) is 0. The molecule has 1 aliphatic rings. The van der Waals surface area contributed by atoms with Crippen molar-refractivity contribution in [3.8, 4) is 6.07 Å². The number of rotatable bonds is 3. The molecule has 0 aromatic carbocycles. The zero-order chi connectivity index (χ0) is 13.0. The summed E-state index contributed by atoms with van der Waals surface area (Å²) in [5, 5.41) is 12.2. The van der Waals surface area contributed by atoms with Gasteiger partial charge in [0.05, 0.1) is 11.3 Å². The van der Waals surface area contributed by atoms with Gasteiger partial charge in [0.2, 0.25) is 0 Å². The normalized spacial score (nSPS) is 23.3. The van der Waals surface area contributed by atoms with Crippen molar-refractivity contribution < 1.29 is 0 Å². The smallest absolute Gasteiger partial charge is 0.149 e. The third-order valence-electron chi connectivity index (χ3n) is 3.80. The van der Waals surface area contributed by atoms with Crippen molar-refractivity contribution in [3.05, 3.63) is 17.8 Å². The molecular formula is C14H20N4. The Bertz CT molecular complexity index is 450. The van der Waals surface area contributed by atoms with Gasteiger partial charge in [0, 0.05) is 12.2 Å². The largest absolute Gasteiger partial charge is 0.396 e. The molecule has 4 heteroatoms. The number of nitrogens with two attached hydrogens (primary N) is 1. The lowest BCUT2D eigenvalue weighted by atomic mass is 9.83. The van der Waals surface area contributed by atoms with E-state index in [0.29, 0.717) is 23.2 Å². The lowest BCUT2D eigenvalue weighted by Gasteiger charge is -2.32. The highest BCUT2D eigenvalue weighted by atomic mass is 15.0. The predicted octanol–water partition coefficient (Wildman–Crippen LogP) is 2.92. The van der Waals surface area contributed by atoms with Gasteiger partial charge < -0.3 is 11.1 Å². The van der Waals surface area contributed by atoms with Crippen molar-refractivity contribution in [2.45, 2.75) is 45.1 Å². The molecule has 3 N–H and O–H groups in total. The highest BCUT2D eigenvalue weighted by Crippen LogP contribution is 2.30. The molecule has 1 heterocycles. The SMILES string of the molecule is CCC1CCCCC1Nc1ncc(C#N)cc1N. The Labute approximate surface area is 108 Å². The van der Waals surface area contributed by atoms with Gasteiger partial charge >= 0.3 is 0 Å². The van der Waals surface area contributed by atoms with Crippen LogP contribution in [0.5, 0.6) is 0 Å². The standard InChI is InChI=1S/C14H20N4/c1-2-11-5-3-4-6-13(11)18-14-12(16)7-10(8-15)9-17-14/h7,9,11,13H,2-6,16H2,1H3,(H,17,18). The van der Waals surface area contributed by atoms with Gasteiger partial charge in [0.25, 0.3) is 0 Å². The monoisotopic (exact) mass is 244 g/mol. The number of anilines is 2. The maximum Gasteiger partial charge on any atom is 0.149 e. The van der Waals surface area contributed by atoms with E-state index in [-0.39, 0.29) is 0 Å². The molecule has 18 heavy (non-hydrogen) atoms. The summed E-state index contributed by atoms with van der Waals surface area (Å²) >= 11 is 0. The zero-order valence-electron chi connectivity index (χ0n) is 10.8. The molecule has 96 valence electrons. The highest BCUT2D eigenvalue weighted by Gasteiger charge is 2.24. The van der Waals surface area contributed by atoms with E-state index in [0.717, 1.165) is 5.82 Å². The second-order valence-electron chi connectivity index (χ2n) is 4.98. The molecular weight excluding hydrogens is 224 g/mol. The Morgan fingerprint density at radius 2 is 2.28 bits per heavy atom. The molecule has 2 unspecified atom stereocenters. The van der Waals surface area contributed by atoms with Crippen molar-refractivity contribution in [3.63, 3.8) is 0 Å². The van der Waals surface area contributed by atoms with E-state index in [1.165, 1.54) is 32.1 Å². The minimum atomic E-state index is 0.464. The molecule has 2 atom stereocenters. The van der Waals surface area contributed by atoms with Gasteiger partial charge in [0.15, 0.2) is 0 Å². The first-order valence-electron chi connectivity index (χ1n) is 6.66. The summed E-state index contributed by atoms with van der Waals surface area (Å²) < 4.78 is 0. The summed E-state index contributed by atoms with van der Waals surface area (Å²) in [5.41, 5.74) is 7.00. The average molecular weight is 244 g/mol. The number of nitriles is 1. The first-order valence-corrected chi connectivity index (χ1v) is 6.66. The van der Waals surface area contributed by atoms with E-state index >= 15 is 0 Å². The van der Waals surface area contributed by atoms with Crippen molar-refractivity contribution >= 4 is 11.5 Å². The van der Waals surface area contributed by atoms with Crippen molar-refractivity contribution in [1.29, 1.82) is 5.26 Å². The molecule has 2 rings (SSSR count). The predicted molar refractivity (Wildman–Crippen MR) is 73.0 cm³/mol. The molecule has 1 fully saturated rings. The van der Waals surface area contributed by atoms with Crippen LogP contribution in [-0.2, 0) is 0 Å². The lowest BCUT2D eigenvalue weighted by molar-refractivity contribution is 0.317. The molecule has 1 aromatic rings. The number of hydrogen-bond acceptors (Lipinski definition) is 4. The van der Waals surface area contributed by atoms with Gasteiger partial charge in [-0.25, -0.2) is 4.98 Å². The van der Waals surface area contributed by atoms with Crippen LogP contribution < -0.4 is 11.1 Å². The third-order valence-corrected chi connectivity index (χ3v) is 3.80. The van der Waals surface area contributed by atoms with Crippen LogP contribution in [0.2, 0.25) is 0 Å². The number of nitrogens with one attached hydrogen (secondary N) is 1. The molecule has 1 aromatic heterocycles. The lowest BCUT2D eigenvalue weighted by Crippen LogP contribution is -2.32. The van der Waals surface area contributed by atoms with Gasteiger partial charge in [-0.2, -0.15) is 5.26 Å². The fourth-order valence-electron chi connectivity index (χ4n) is 2.73. The van der Waals surface area contributed by atoms with Crippen LogP contribution >= 0.6 is 0 Å². The van der Waals surface area contributed by atoms with Crippen LogP contribution in [0.4, 0.5) is 11.5 Å². The molecule has 0 saturated heterocycles. The van der Waals surface area contributed by atoms with Crippen LogP contribution in [0.3, 0.4) is 0 Å². The Kier molecular flexibility index (Phi) is 4.03. The van der Waals surface area contributed by atoms with E-state index in [1.807, 2.05) is 6.07 Å². The Morgan fingerprint density at radius 3 is 2.94 bits per heavy atom. The molecule has 0 aliphatic heterocycles. The van der Waals surface area contributed by atoms with E-state index in [9.17, 15) is 0 Å².